The zero-order chi connectivity index (χ0) is 16.1. The number of hydrogen-bond donors (Lipinski definition) is 0. The number of aromatic nitrogens is 1. The molecule has 0 saturated heterocycles. The third-order valence-corrected chi connectivity index (χ3v) is 4.55. The van der Waals surface area contributed by atoms with E-state index in [1.54, 1.807) is 4.90 Å². The number of aryl methyl sites for hydroxylation is 1. The van der Waals surface area contributed by atoms with Gasteiger partial charge in [-0.1, -0.05) is 12.1 Å². The molecule has 2 rings (SSSR count). The molecule has 1 heterocycles. The van der Waals surface area contributed by atoms with Crippen LogP contribution in [0.3, 0.4) is 0 Å². The zero-order valence-corrected chi connectivity index (χ0v) is 14.4. The minimum absolute atomic E-state index is 0.0146. The average molecular weight is 318 g/mol. The Labute approximate surface area is 135 Å². The van der Waals surface area contributed by atoms with E-state index < -0.39 is 0 Å². The number of carbonyl (C=O) groups is 1. The van der Waals surface area contributed by atoms with Crippen molar-refractivity contribution in [1.82, 2.24) is 9.88 Å². The zero-order valence-electron chi connectivity index (χ0n) is 13.5. The van der Waals surface area contributed by atoms with Gasteiger partial charge in [0.2, 0.25) is 0 Å². The highest BCUT2D eigenvalue weighted by Crippen LogP contribution is 2.22. The smallest absolute Gasteiger partial charge is 0.273 e. The first kappa shape index (κ1) is 16.5. The van der Waals surface area contributed by atoms with E-state index in [-0.39, 0.29) is 5.91 Å². The molecule has 0 saturated carbocycles. The number of rotatable bonds is 6. The molecule has 0 aliphatic rings. The predicted octanol–water partition coefficient (Wildman–Crippen LogP) is 3.82. The van der Waals surface area contributed by atoms with Crippen molar-refractivity contribution in [1.29, 1.82) is 0 Å². The quantitative estimate of drug-likeness (QED) is 0.813. The number of carbonyl (C=O) groups excluding carboxylic acids is 1. The van der Waals surface area contributed by atoms with Gasteiger partial charge in [0.15, 0.2) is 0 Å². The van der Waals surface area contributed by atoms with Gasteiger partial charge in [0, 0.05) is 18.5 Å². The van der Waals surface area contributed by atoms with E-state index in [0.717, 1.165) is 16.3 Å². The van der Waals surface area contributed by atoms with E-state index in [2.05, 4.69) is 18.0 Å². The van der Waals surface area contributed by atoms with Gasteiger partial charge in [-0.2, -0.15) is 0 Å². The molecule has 0 radical (unpaired) electrons. The SMILES string of the molecule is CCN(CC)C(=O)c1csc(COc2cccc(C)c2C)n1. The van der Waals surface area contributed by atoms with Gasteiger partial charge in [-0.25, -0.2) is 4.98 Å². The second-order valence-corrected chi connectivity index (χ2v) is 6.03. The van der Waals surface area contributed by atoms with Crippen molar-refractivity contribution >= 4 is 17.2 Å². The number of thiazole rings is 1. The van der Waals surface area contributed by atoms with E-state index in [0.29, 0.717) is 25.4 Å². The summed E-state index contributed by atoms with van der Waals surface area (Å²) in [5.41, 5.74) is 2.85. The van der Waals surface area contributed by atoms with Crippen molar-refractivity contribution in [3.8, 4) is 5.75 Å². The summed E-state index contributed by atoms with van der Waals surface area (Å²) in [5, 5.41) is 2.62. The molecule has 0 aliphatic heterocycles. The van der Waals surface area contributed by atoms with E-state index in [4.69, 9.17) is 4.74 Å². The molecule has 1 aromatic heterocycles. The molecule has 1 aromatic carbocycles. The maximum absolute atomic E-state index is 12.2. The Morgan fingerprint density at radius 3 is 2.68 bits per heavy atom. The van der Waals surface area contributed by atoms with E-state index >= 15 is 0 Å². The standard InChI is InChI=1S/C17H22N2O2S/c1-5-19(6-2)17(20)14-11-22-16(18-14)10-21-15-9-7-8-12(3)13(15)4/h7-9,11H,5-6,10H2,1-4H3. The monoisotopic (exact) mass is 318 g/mol. The fourth-order valence-corrected chi connectivity index (χ4v) is 2.85. The highest BCUT2D eigenvalue weighted by Gasteiger charge is 2.16. The van der Waals surface area contributed by atoms with Crippen LogP contribution in [0, 0.1) is 13.8 Å². The molecule has 0 N–H and O–H groups in total. The molecule has 1 amide bonds. The van der Waals surface area contributed by atoms with E-state index in [1.165, 1.54) is 16.9 Å². The van der Waals surface area contributed by atoms with Crippen LogP contribution < -0.4 is 4.74 Å². The number of hydrogen-bond acceptors (Lipinski definition) is 4. The van der Waals surface area contributed by atoms with Gasteiger partial charge >= 0.3 is 0 Å². The Hall–Kier alpha value is -1.88. The van der Waals surface area contributed by atoms with Gasteiger partial charge in [-0.15, -0.1) is 11.3 Å². The fourth-order valence-electron chi connectivity index (χ4n) is 2.17. The first-order valence-corrected chi connectivity index (χ1v) is 8.37. The van der Waals surface area contributed by atoms with Crippen LogP contribution in [0.25, 0.3) is 0 Å². The average Bonchev–Trinajstić information content (AvgIpc) is 2.99. The summed E-state index contributed by atoms with van der Waals surface area (Å²) < 4.78 is 5.83. The Bertz CT molecular complexity index is 648. The van der Waals surface area contributed by atoms with Gasteiger partial charge < -0.3 is 9.64 Å². The van der Waals surface area contributed by atoms with E-state index in [9.17, 15) is 4.79 Å². The largest absolute Gasteiger partial charge is 0.486 e. The van der Waals surface area contributed by atoms with Crippen molar-refractivity contribution in [2.75, 3.05) is 13.1 Å². The Balaban J connectivity index is 2.03. The lowest BCUT2D eigenvalue weighted by atomic mass is 10.1. The molecule has 0 fully saturated rings. The summed E-state index contributed by atoms with van der Waals surface area (Å²) in [6.07, 6.45) is 0. The third-order valence-electron chi connectivity index (χ3n) is 3.73. The van der Waals surface area contributed by atoms with Crippen LogP contribution in [-0.2, 0) is 6.61 Å². The van der Waals surface area contributed by atoms with Crippen LogP contribution >= 0.6 is 11.3 Å². The summed E-state index contributed by atoms with van der Waals surface area (Å²) in [5.74, 6) is 0.853. The van der Waals surface area contributed by atoms with Crippen molar-refractivity contribution in [3.63, 3.8) is 0 Å². The van der Waals surface area contributed by atoms with E-state index in [1.807, 2.05) is 38.3 Å². The highest BCUT2D eigenvalue weighted by molar-refractivity contribution is 7.09. The van der Waals surface area contributed by atoms with Gasteiger partial charge in [-0.3, -0.25) is 4.79 Å². The van der Waals surface area contributed by atoms with Crippen LogP contribution in [0.4, 0.5) is 0 Å². The van der Waals surface area contributed by atoms with Gasteiger partial charge in [0.05, 0.1) is 0 Å². The lowest BCUT2D eigenvalue weighted by molar-refractivity contribution is 0.0767. The number of amides is 1. The third kappa shape index (κ3) is 3.65. The first-order valence-electron chi connectivity index (χ1n) is 7.49. The van der Waals surface area contributed by atoms with Gasteiger partial charge in [0.1, 0.15) is 23.1 Å². The maximum Gasteiger partial charge on any atom is 0.273 e. The molecule has 118 valence electrons. The van der Waals surface area contributed by atoms with Crippen molar-refractivity contribution < 1.29 is 9.53 Å². The maximum atomic E-state index is 12.2. The number of nitrogens with zero attached hydrogens (tertiary/aromatic N) is 2. The normalized spacial score (nSPS) is 10.5. The first-order chi connectivity index (χ1) is 10.6. The van der Waals surface area contributed by atoms with Crippen LogP contribution in [0.2, 0.25) is 0 Å². The molecule has 0 aliphatic carbocycles. The van der Waals surface area contributed by atoms with Crippen LogP contribution in [-0.4, -0.2) is 28.9 Å². The second kappa shape index (κ2) is 7.40. The molecule has 2 aromatic rings. The topological polar surface area (TPSA) is 42.4 Å². The molecular formula is C17H22N2O2S. The Kier molecular flexibility index (Phi) is 5.55. The molecule has 0 bridgehead atoms. The molecule has 5 heteroatoms. The fraction of sp³-hybridized carbons (Fsp3) is 0.412. The summed E-state index contributed by atoms with van der Waals surface area (Å²) in [6, 6.07) is 6.00. The highest BCUT2D eigenvalue weighted by atomic mass is 32.1. The Morgan fingerprint density at radius 1 is 1.27 bits per heavy atom. The van der Waals surface area contributed by atoms with Gasteiger partial charge in [-0.05, 0) is 44.9 Å². The second-order valence-electron chi connectivity index (χ2n) is 5.09. The summed E-state index contributed by atoms with van der Waals surface area (Å²) in [4.78, 5) is 18.4. The van der Waals surface area contributed by atoms with Crippen LogP contribution in [0.15, 0.2) is 23.6 Å². The van der Waals surface area contributed by atoms with Crippen molar-refractivity contribution in [2.24, 2.45) is 0 Å². The summed E-state index contributed by atoms with van der Waals surface area (Å²) >= 11 is 1.46. The Morgan fingerprint density at radius 2 is 2.00 bits per heavy atom. The van der Waals surface area contributed by atoms with Gasteiger partial charge in [0.25, 0.3) is 5.91 Å². The van der Waals surface area contributed by atoms with Crippen LogP contribution in [0.1, 0.15) is 40.5 Å². The van der Waals surface area contributed by atoms with Crippen molar-refractivity contribution in [3.05, 3.63) is 45.4 Å². The molecule has 0 spiro atoms. The molecule has 4 nitrogen and oxygen atoms in total. The minimum atomic E-state index is -0.0146. The predicted molar refractivity (Wildman–Crippen MR) is 89.6 cm³/mol. The summed E-state index contributed by atoms with van der Waals surface area (Å²) in [7, 11) is 0. The number of ether oxygens (including phenoxy) is 1. The number of benzene rings is 1. The molecule has 0 atom stereocenters. The summed E-state index contributed by atoms with van der Waals surface area (Å²) in [6.45, 7) is 9.83. The lowest BCUT2D eigenvalue weighted by Crippen LogP contribution is -2.30. The minimum Gasteiger partial charge on any atom is -0.486 e. The molecule has 22 heavy (non-hydrogen) atoms. The molecular weight excluding hydrogens is 296 g/mol. The van der Waals surface area contributed by atoms with Crippen molar-refractivity contribution in [2.45, 2.75) is 34.3 Å². The lowest BCUT2D eigenvalue weighted by Gasteiger charge is -2.16. The van der Waals surface area contributed by atoms with Crippen LogP contribution in [0.5, 0.6) is 5.75 Å². The molecule has 0 unspecified atom stereocenters.